The molecule has 1 aliphatic heterocycles. The Morgan fingerprint density at radius 2 is 2.25 bits per heavy atom. The van der Waals surface area contributed by atoms with Crippen molar-refractivity contribution in [3.05, 3.63) is 0 Å². The summed E-state index contributed by atoms with van der Waals surface area (Å²) in [7, 11) is 0. The summed E-state index contributed by atoms with van der Waals surface area (Å²) in [6.45, 7) is 4.54. The number of thioether (sulfide) groups is 1. The third-order valence-corrected chi connectivity index (χ3v) is 4.14. The molecule has 16 heavy (non-hydrogen) atoms. The molecule has 4 nitrogen and oxygen atoms in total. The van der Waals surface area contributed by atoms with Crippen LogP contribution in [0.4, 0.5) is 0 Å². The molecule has 1 rings (SSSR count). The molecule has 0 bridgehead atoms. The molecule has 1 saturated heterocycles. The number of nitrogens with two attached hydrogens (primary N) is 1. The molecule has 1 aliphatic rings. The highest BCUT2D eigenvalue weighted by Gasteiger charge is 2.40. The van der Waals surface area contributed by atoms with E-state index >= 15 is 0 Å². The van der Waals surface area contributed by atoms with E-state index in [0.29, 0.717) is 13.0 Å². The maximum Gasteiger partial charge on any atom is 0.243 e. The van der Waals surface area contributed by atoms with Gasteiger partial charge in [-0.2, -0.15) is 0 Å². The van der Waals surface area contributed by atoms with Crippen molar-refractivity contribution in [2.75, 3.05) is 12.3 Å². The zero-order valence-electron chi connectivity index (χ0n) is 9.94. The Morgan fingerprint density at radius 1 is 1.56 bits per heavy atom. The number of imide groups is 1. The van der Waals surface area contributed by atoms with Crippen LogP contribution in [-0.2, 0) is 9.59 Å². The van der Waals surface area contributed by atoms with Crippen molar-refractivity contribution in [3.8, 4) is 0 Å². The molecule has 2 N–H and O–H groups in total. The summed E-state index contributed by atoms with van der Waals surface area (Å²) in [5.74, 6) is 0.820. The first-order valence-corrected chi connectivity index (χ1v) is 6.84. The molecule has 0 spiro atoms. The molecule has 1 fully saturated rings. The van der Waals surface area contributed by atoms with Gasteiger partial charge in [0.2, 0.25) is 11.8 Å². The minimum Gasteiger partial charge on any atom is -0.330 e. The SMILES string of the molecule is CCC(C)N1C(=O)CC(SCCCN)C1=O. The lowest BCUT2D eigenvalue weighted by Gasteiger charge is -2.21. The lowest BCUT2D eigenvalue weighted by atomic mass is 10.2. The molecular weight excluding hydrogens is 224 g/mol. The first-order chi connectivity index (χ1) is 7.61. The summed E-state index contributed by atoms with van der Waals surface area (Å²) in [6, 6.07) is 0.0279. The van der Waals surface area contributed by atoms with Gasteiger partial charge in [-0.15, -0.1) is 11.8 Å². The van der Waals surface area contributed by atoms with Crippen LogP contribution in [0, 0.1) is 0 Å². The first-order valence-electron chi connectivity index (χ1n) is 5.79. The van der Waals surface area contributed by atoms with Gasteiger partial charge in [-0.1, -0.05) is 6.92 Å². The van der Waals surface area contributed by atoms with Crippen molar-refractivity contribution in [1.29, 1.82) is 0 Å². The van der Waals surface area contributed by atoms with E-state index in [1.54, 1.807) is 11.8 Å². The molecule has 2 atom stereocenters. The van der Waals surface area contributed by atoms with E-state index in [0.717, 1.165) is 18.6 Å². The fourth-order valence-corrected chi connectivity index (χ4v) is 2.84. The quantitative estimate of drug-likeness (QED) is 0.559. The van der Waals surface area contributed by atoms with E-state index in [2.05, 4.69) is 0 Å². The van der Waals surface area contributed by atoms with Gasteiger partial charge in [0.15, 0.2) is 0 Å². The minimum absolute atomic E-state index is 0.0126. The van der Waals surface area contributed by atoms with Crippen molar-refractivity contribution in [3.63, 3.8) is 0 Å². The van der Waals surface area contributed by atoms with Crippen molar-refractivity contribution in [1.82, 2.24) is 4.90 Å². The van der Waals surface area contributed by atoms with Crippen molar-refractivity contribution in [2.24, 2.45) is 5.73 Å². The van der Waals surface area contributed by atoms with Gasteiger partial charge < -0.3 is 5.73 Å². The summed E-state index contributed by atoms with van der Waals surface area (Å²) < 4.78 is 0. The van der Waals surface area contributed by atoms with Crippen LogP contribution < -0.4 is 5.73 Å². The highest BCUT2D eigenvalue weighted by Crippen LogP contribution is 2.27. The topological polar surface area (TPSA) is 63.4 Å². The highest BCUT2D eigenvalue weighted by molar-refractivity contribution is 8.00. The summed E-state index contributed by atoms with van der Waals surface area (Å²) in [6.07, 6.45) is 2.07. The van der Waals surface area contributed by atoms with Gasteiger partial charge in [-0.3, -0.25) is 14.5 Å². The first kappa shape index (κ1) is 13.5. The maximum atomic E-state index is 12.0. The van der Waals surface area contributed by atoms with Gasteiger partial charge in [0.1, 0.15) is 0 Å². The van der Waals surface area contributed by atoms with Crippen LogP contribution in [0.15, 0.2) is 0 Å². The molecule has 0 saturated carbocycles. The molecule has 0 aromatic carbocycles. The zero-order valence-corrected chi connectivity index (χ0v) is 10.8. The number of hydrogen-bond donors (Lipinski definition) is 1. The molecule has 2 unspecified atom stereocenters. The van der Waals surface area contributed by atoms with Crippen LogP contribution in [0.1, 0.15) is 33.1 Å². The predicted molar refractivity (Wildman–Crippen MR) is 66.1 cm³/mol. The van der Waals surface area contributed by atoms with Crippen LogP contribution in [0.5, 0.6) is 0 Å². The monoisotopic (exact) mass is 244 g/mol. The van der Waals surface area contributed by atoms with Crippen LogP contribution in [0.2, 0.25) is 0 Å². The summed E-state index contributed by atoms with van der Waals surface area (Å²) in [5, 5.41) is -0.173. The van der Waals surface area contributed by atoms with Gasteiger partial charge >= 0.3 is 0 Å². The number of hydrogen-bond acceptors (Lipinski definition) is 4. The molecule has 0 aliphatic carbocycles. The Kier molecular flexibility index (Phi) is 5.28. The number of likely N-dealkylation sites (tertiary alicyclic amines) is 1. The van der Waals surface area contributed by atoms with Gasteiger partial charge in [0, 0.05) is 12.5 Å². The number of carbonyl (C=O) groups excluding carboxylic acids is 2. The molecule has 0 aromatic heterocycles. The van der Waals surface area contributed by atoms with Gasteiger partial charge in [-0.25, -0.2) is 0 Å². The lowest BCUT2D eigenvalue weighted by molar-refractivity contribution is -0.140. The summed E-state index contributed by atoms with van der Waals surface area (Å²) in [5.41, 5.74) is 5.40. The van der Waals surface area contributed by atoms with Gasteiger partial charge in [0.05, 0.1) is 5.25 Å². The van der Waals surface area contributed by atoms with Gasteiger partial charge in [0.25, 0.3) is 0 Å². The fraction of sp³-hybridized carbons (Fsp3) is 0.818. The lowest BCUT2D eigenvalue weighted by Crippen LogP contribution is -2.38. The van der Waals surface area contributed by atoms with E-state index < -0.39 is 0 Å². The highest BCUT2D eigenvalue weighted by atomic mass is 32.2. The zero-order chi connectivity index (χ0) is 12.1. The van der Waals surface area contributed by atoms with Gasteiger partial charge in [-0.05, 0) is 32.1 Å². The number of rotatable bonds is 6. The number of carbonyl (C=O) groups is 2. The molecule has 0 radical (unpaired) electrons. The molecule has 0 aromatic rings. The largest absolute Gasteiger partial charge is 0.330 e. The third kappa shape index (κ3) is 2.98. The molecular formula is C11H20N2O2S. The molecule has 92 valence electrons. The molecule has 2 amide bonds. The van der Waals surface area contributed by atoms with Crippen molar-refractivity contribution >= 4 is 23.6 Å². The average molecular weight is 244 g/mol. The van der Waals surface area contributed by atoms with E-state index in [9.17, 15) is 9.59 Å². The normalized spacial score (nSPS) is 22.9. The summed E-state index contributed by atoms with van der Waals surface area (Å²) in [4.78, 5) is 25.1. The third-order valence-electron chi connectivity index (χ3n) is 2.84. The average Bonchev–Trinajstić information content (AvgIpc) is 2.54. The van der Waals surface area contributed by atoms with Crippen molar-refractivity contribution in [2.45, 2.75) is 44.4 Å². The van der Waals surface area contributed by atoms with Crippen LogP contribution in [0.3, 0.4) is 0 Å². The predicted octanol–water partition coefficient (Wildman–Crippen LogP) is 0.994. The second kappa shape index (κ2) is 6.25. The van der Waals surface area contributed by atoms with E-state index in [1.165, 1.54) is 4.90 Å². The Bertz CT molecular complexity index is 271. The van der Waals surface area contributed by atoms with E-state index in [-0.39, 0.29) is 23.1 Å². The van der Waals surface area contributed by atoms with E-state index in [4.69, 9.17) is 5.73 Å². The Labute approximate surface area is 101 Å². The Morgan fingerprint density at radius 3 is 2.81 bits per heavy atom. The Balaban J connectivity index is 2.53. The fourth-order valence-electron chi connectivity index (χ4n) is 1.71. The number of amides is 2. The Hall–Kier alpha value is -0.550. The van der Waals surface area contributed by atoms with Crippen molar-refractivity contribution < 1.29 is 9.59 Å². The van der Waals surface area contributed by atoms with E-state index in [1.807, 2.05) is 13.8 Å². The maximum absolute atomic E-state index is 12.0. The van der Waals surface area contributed by atoms with Crippen LogP contribution in [-0.4, -0.2) is 40.3 Å². The summed E-state index contributed by atoms with van der Waals surface area (Å²) >= 11 is 1.56. The molecule has 5 heteroatoms. The van der Waals surface area contributed by atoms with Crippen LogP contribution >= 0.6 is 11.8 Å². The standard InChI is InChI=1S/C11H20N2O2S/c1-3-8(2)13-10(14)7-9(11(13)15)16-6-4-5-12/h8-9H,3-7,12H2,1-2H3. The molecule has 1 heterocycles. The smallest absolute Gasteiger partial charge is 0.243 e. The second-order valence-corrected chi connectivity index (χ2v) is 5.38. The minimum atomic E-state index is -0.173. The van der Waals surface area contributed by atoms with Crippen LogP contribution in [0.25, 0.3) is 0 Å². The second-order valence-electron chi connectivity index (χ2n) is 4.07. The number of nitrogens with zero attached hydrogens (tertiary/aromatic N) is 1.